The zero-order valence-corrected chi connectivity index (χ0v) is 17.9. The van der Waals surface area contributed by atoms with Gasteiger partial charge in [0.15, 0.2) is 0 Å². The molecule has 4 rings (SSSR count). The molecule has 0 aliphatic rings. The maximum Gasteiger partial charge on any atom is 0.285 e. The van der Waals surface area contributed by atoms with E-state index in [2.05, 4.69) is 11.0 Å². The summed E-state index contributed by atoms with van der Waals surface area (Å²) >= 11 is 7.12. The lowest BCUT2D eigenvalue weighted by atomic mass is 10.1. The minimum absolute atomic E-state index is 0.0898. The Labute approximate surface area is 177 Å². The van der Waals surface area contributed by atoms with Gasteiger partial charge >= 0.3 is 0 Å². The summed E-state index contributed by atoms with van der Waals surface area (Å²) < 4.78 is 37.4. The van der Waals surface area contributed by atoms with E-state index >= 15 is 0 Å². The first-order valence-electron chi connectivity index (χ1n) is 8.75. The summed E-state index contributed by atoms with van der Waals surface area (Å²) in [6.07, 6.45) is 1.71. The highest BCUT2D eigenvalue weighted by molar-refractivity contribution is 7.90. The number of aromatic nitrogens is 1. The van der Waals surface area contributed by atoms with Gasteiger partial charge in [0.2, 0.25) is 4.80 Å². The zero-order valence-electron chi connectivity index (χ0n) is 15.5. The molecule has 5 nitrogen and oxygen atoms in total. The van der Waals surface area contributed by atoms with Gasteiger partial charge in [-0.3, -0.25) is 0 Å². The van der Waals surface area contributed by atoms with Crippen LogP contribution in [0.3, 0.4) is 0 Å². The van der Waals surface area contributed by atoms with Crippen LogP contribution in [0.2, 0.25) is 5.02 Å². The highest BCUT2D eigenvalue weighted by atomic mass is 35.5. The van der Waals surface area contributed by atoms with Gasteiger partial charge < -0.3 is 8.98 Å². The average Bonchev–Trinajstić information content (AvgIpc) is 3.21. The molecule has 0 aliphatic heterocycles. The Hall–Kier alpha value is -2.61. The number of para-hydroxylation sites is 1. The fraction of sp³-hybridized carbons (Fsp3) is 0.0952. The number of sulfonamides is 1. The van der Waals surface area contributed by atoms with E-state index in [4.69, 9.17) is 16.0 Å². The van der Waals surface area contributed by atoms with Crippen LogP contribution in [0.5, 0.6) is 0 Å². The van der Waals surface area contributed by atoms with Gasteiger partial charge in [-0.2, -0.15) is 8.42 Å². The van der Waals surface area contributed by atoms with Crippen molar-refractivity contribution in [1.82, 2.24) is 4.57 Å². The van der Waals surface area contributed by atoms with E-state index in [0.29, 0.717) is 16.4 Å². The van der Waals surface area contributed by atoms with Crippen molar-refractivity contribution in [2.45, 2.75) is 18.4 Å². The fourth-order valence-corrected chi connectivity index (χ4v) is 5.40. The van der Waals surface area contributed by atoms with Gasteiger partial charge in [-0.15, -0.1) is 22.3 Å². The molecule has 0 atom stereocenters. The van der Waals surface area contributed by atoms with E-state index in [-0.39, 0.29) is 4.90 Å². The largest absolute Gasteiger partial charge is 0.461 e. The Bertz CT molecular complexity index is 1380. The van der Waals surface area contributed by atoms with Gasteiger partial charge in [0, 0.05) is 27.9 Å². The number of hydrogen-bond donors (Lipinski definition) is 0. The number of thiazole rings is 1. The van der Waals surface area contributed by atoms with Crippen molar-refractivity contribution in [3.63, 3.8) is 0 Å². The summed E-state index contributed by atoms with van der Waals surface area (Å²) in [5, 5.41) is 3.32. The molecular weight excluding hydrogens is 428 g/mol. The maximum atomic E-state index is 12.8. The van der Waals surface area contributed by atoms with E-state index < -0.39 is 10.0 Å². The zero-order chi connectivity index (χ0) is 20.6. The van der Waals surface area contributed by atoms with Gasteiger partial charge in [0.05, 0.1) is 10.6 Å². The Balaban J connectivity index is 1.92. The van der Waals surface area contributed by atoms with Crippen molar-refractivity contribution in [2.24, 2.45) is 4.40 Å². The standard InChI is InChI=1S/C21H17ClN2O3S2/c1-3-12-24-18(20-14(2)27-19-7-5-4-6-17(19)20)13-28-21(24)23-29(25,26)16-10-8-15(22)9-11-16/h3-11,13H,1,12H2,2H3. The van der Waals surface area contributed by atoms with Crippen molar-refractivity contribution in [2.75, 3.05) is 0 Å². The number of benzene rings is 2. The normalized spacial score (nSPS) is 12.6. The van der Waals surface area contributed by atoms with Gasteiger partial charge in [0.1, 0.15) is 11.3 Å². The molecule has 0 bridgehead atoms. The van der Waals surface area contributed by atoms with Crippen LogP contribution >= 0.6 is 22.9 Å². The minimum atomic E-state index is -3.88. The van der Waals surface area contributed by atoms with Crippen molar-refractivity contribution in [1.29, 1.82) is 0 Å². The van der Waals surface area contributed by atoms with E-state index in [0.717, 1.165) is 28.0 Å². The molecule has 0 spiro atoms. The predicted octanol–water partition coefficient (Wildman–Crippen LogP) is 5.40. The summed E-state index contributed by atoms with van der Waals surface area (Å²) in [7, 11) is -3.88. The predicted molar refractivity (Wildman–Crippen MR) is 117 cm³/mol. The molecule has 8 heteroatoms. The first kappa shape index (κ1) is 19.7. The molecule has 0 radical (unpaired) electrons. The maximum absolute atomic E-state index is 12.8. The van der Waals surface area contributed by atoms with Crippen LogP contribution < -0.4 is 4.80 Å². The smallest absolute Gasteiger partial charge is 0.285 e. The Morgan fingerprint density at radius 1 is 1.21 bits per heavy atom. The van der Waals surface area contributed by atoms with Crippen LogP contribution in [-0.4, -0.2) is 13.0 Å². The second-order valence-corrected chi connectivity index (χ2v) is 9.23. The molecule has 0 saturated heterocycles. The quantitative estimate of drug-likeness (QED) is 0.387. The summed E-state index contributed by atoms with van der Waals surface area (Å²) in [5.74, 6) is 0.758. The number of allylic oxidation sites excluding steroid dienone is 1. The molecule has 2 aromatic heterocycles. The Morgan fingerprint density at radius 3 is 2.66 bits per heavy atom. The summed E-state index contributed by atoms with van der Waals surface area (Å²) in [6, 6.07) is 13.7. The van der Waals surface area contributed by atoms with Crippen LogP contribution in [0, 0.1) is 6.92 Å². The van der Waals surface area contributed by atoms with Crippen LogP contribution in [0.1, 0.15) is 5.76 Å². The number of furan rings is 1. The van der Waals surface area contributed by atoms with Gasteiger partial charge in [0.25, 0.3) is 10.0 Å². The molecule has 2 aromatic carbocycles. The highest BCUT2D eigenvalue weighted by Gasteiger charge is 2.19. The molecule has 2 heterocycles. The molecular formula is C21H17ClN2O3S2. The summed E-state index contributed by atoms with van der Waals surface area (Å²) in [5.41, 5.74) is 2.54. The average molecular weight is 445 g/mol. The van der Waals surface area contributed by atoms with Crippen LogP contribution in [0.15, 0.2) is 80.3 Å². The third kappa shape index (κ3) is 3.69. The summed E-state index contributed by atoms with van der Waals surface area (Å²) in [6.45, 7) is 6.11. The molecule has 0 amide bonds. The lowest BCUT2D eigenvalue weighted by Gasteiger charge is -2.06. The van der Waals surface area contributed by atoms with Gasteiger partial charge in [-0.25, -0.2) is 0 Å². The second-order valence-electron chi connectivity index (χ2n) is 6.35. The minimum Gasteiger partial charge on any atom is -0.461 e. The molecule has 0 N–H and O–H groups in total. The van der Waals surface area contributed by atoms with Gasteiger partial charge in [-0.1, -0.05) is 35.9 Å². The monoisotopic (exact) mass is 444 g/mol. The van der Waals surface area contributed by atoms with Gasteiger partial charge in [-0.05, 0) is 37.3 Å². The Morgan fingerprint density at radius 2 is 1.93 bits per heavy atom. The number of halogens is 1. The molecule has 0 unspecified atom stereocenters. The number of rotatable bonds is 5. The SMILES string of the molecule is C=CCn1c(-c2c(C)oc3ccccc23)csc1=NS(=O)(=O)c1ccc(Cl)cc1. The third-order valence-corrected chi connectivity index (χ3v) is 6.96. The van der Waals surface area contributed by atoms with E-state index in [1.54, 1.807) is 6.08 Å². The van der Waals surface area contributed by atoms with Crippen molar-refractivity contribution >= 4 is 43.9 Å². The van der Waals surface area contributed by atoms with Crippen LogP contribution in [-0.2, 0) is 16.6 Å². The second kappa shape index (κ2) is 7.67. The van der Waals surface area contributed by atoms with Crippen LogP contribution in [0.25, 0.3) is 22.2 Å². The topological polar surface area (TPSA) is 64.6 Å². The fourth-order valence-electron chi connectivity index (χ4n) is 3.16. The Kier molecular flexibility index (Phi) is 5.21. The third-order valence-electron chi connectivity index (χ3n) is 4.45. The molecule has 29 heavy (non-hydrogen) atoms. The number of aryl methyl sites for hydroxylation is 1. The van der Waals surface area contributed by atoms with Crippen LogP contribution in [0.4, 0.5) is 0 Å². The summed E-state index contributed by atoms with van der Waals surface area (Å²) in [4.78, 5) is 0.450. The lowest BCUT2D eigenvalue weighted by Crippen LogP contribution is -2.17. The molecule has 0 aliphatic carbocycles. The molecule has 0 fully saturated rings. The first-order valence-corrected chi connectivity index (χ1v) is 11.4. The van der Waals surface area contributed by atoms with E-state index in [1.165, 1.54) is 35.6 Å². The number of fused-ring (bicyclic) bond motifs is 1. The number of hydrogen-bond acceptors (Lipinski definition) is 4. The van der Waals surface area contributed by atoms with Crippen molar-refractivity contribution in [3.05, 3.63) is 82.2 Å². The van der Waals surface area contributed by atoms with E-state index in [1.807, 2.05) is 41.1 Å². The molecule has 0 saturated carbocycles. The first-order chi connectivity index (χ1) is 13.9. The number of nitrogens with zero attached hydrogens (tertiary/aromatic N) is 2. The highest BCUT2D eigenvalue weighted by Crippen LogP contribution is 2.34. The molecule has 4 aromatic rings. The van der Waals surface area contributed by atoms with Crippen molar-refractivity contribution < 1.29 is 12.8 Å². The molecule has 148 valence electrons. The van der Waals surface area contributed by atoms with Crippen molar-refractivity contribution in [3.8, 4) is 11.3 Å². The van der Waals surface area contributed by atoms with E-state index in [9.17, 15) is 8.42 Å². The lowest BCUT2D eigenvalue weighted by molar-refractivity contribution is 0.579.